The van der Waals surface area contributed by atoms with E-state index in [2.05, 4.69) is 0 Å². The lowest BCUT2D eigenvalue weighted by Crippen LogP contribution is -2.29. The Balaban J connectivity index is 1.60. The van der Waals surface area contributed by atoms with E-state index in [1.165, 1.54) is 23.1 Å². The molecule has 1 aliphatic rings. The zero-order valence-electron chi connectivity index (χ0n) is 20.3. The van der Waals surface area contributed by atoms with E-state index in [1.807, 2.05) is 61.5 Å². The molecule has 0 aromatic heterocycles. The van der Waals surface area contributed by atoms with Crippen LogP contribution in [0.25, 0.3) is 5.76 Å². The Morgan fingerprint density at radius 1 is 0.838 bits per heavy atom. The van der Waals surface area contributed by atoms with Crippen LogP contribution in [0, 0.1) is 19.7 Å². The number of para-hydroxylation sites is 1. The number of benzene rings is 4. The van der Waals surface area contributed by atoms with E-state index >= 15 is 0 Å². The van der Waals surface area contributed by atoms with Gasteiger partial charge in [0, 0.05) is 11.3 Å². The number of nitrogens with zero attached hydrogens (tertiary/aromatic N) is 1. The number of ether oxygens (including phenoxy) is 1. The van der Waals surface area contributed by atoms with Crippen LogP contribution in [0.4, 0.5) is 10.1 Å². The van der Waals surface area contributed by atoms with E-state index < -0.39 is 23.5 Å². The van der Waals surface area contributed by atoms with Gasteiger partial charge in [0.2, 0.25) is 0 Å². The number of carbonyl (C=O) groups excluding carboxylic acids is 2. The number of anilines is 1. The van der Waals surface area contributed by atoms with Gasteiger partial charge in [0.05, 0.1) is 11.6 Å². The minimum absolute atomic E-state index is 0.0498. The van der Waals surface area contributed by atoms with E-state index in [4.69, 9.17) is 4.74 Å². The highest BCUT2D eigenvalue weighted by molar-refractivity contribution is 6.51. The van der Waals surface area contributed by atoms with Gasteiger partial charge >= 0.3 is 0 Å². The second kappa shape index (κ2) is 9.74. The maximum atomic E-state index is 13.9. The molecule has 184 valence electrons. The van der Waals surface area contributed by atoms with Crippen molar-refractivity contribution < 1.29 is 23.8 Å². The molecule has 0 aliphatic carbocycles. The molecule has 37 heavy (non-hydrogen) atoms. The van der Waals surface area contributed by atoms with Crippen molar-refractivity contribution in [1.29, 1.82) is 0 Å². The molecule has 4 aromatic carbocycles. The Kier molecular flexibility index (Phi) is 6.32. The van der Waals surface area contributed by atoms with Gasteiger partial charge in [-0.3, -0.25) is 14.5 Å². The second-order valence-electron chi connectivity index (χ2n) is 8.96. The van der Waals surface area contributed by atoms with Crippen molar-refractivity contribution in [3.8, 4) is 11.5 Å². The van der Waals surface area contributed by atoms with Crippen molar-refractivity contribution in [2.24, 2.45) is 0 Å². The standard InChI is InChI=1S/C31H24FNO4/c1-19-7-6-8-21(17-19)28-27(29(34)22-11-16-26(32)20(2)18-22)30(35)31(36)33(28)23-12-14-25(15-13-23)37-24-9-4-3-5-10-24/h3-18,28,34H,1-2H3/b29-27-. The third kappa shape index (κ3) is 4.61. The number of halogens is 1. The number of amides is 1. The predicted octanol–water partition coefficient (Wildman–Crippen LogP) is 6.86. The summed E-state index contributed by atoms with van der Waals surface area (Å²) in [4.78, 5) is 28.1. The van der Waals surface area contributed by atoms with Crippen LogP contribution in [0.3, 0.4) is 0 Å². The van der Waals surface area contributed by atoms with Gasteiger partial charge in [0.15, 0.2) is 0 Å². The van der Waals surface area contributed by atoms with Gasteiger partial charge in [0.25, 0.3) is 11.7 Å². The number of aliphatic hydroxyl groups is 1. The molecule has 1 aliphatic heterocycles. The number of aryl methyl sites for hydroxylation is 2. The van der Waals surface area contributed by atoms with Crippen LogP contribution < -0.4 is 9.64 Å². The number of ketones is 1. The lowest BCUT2D eigenvalue weighted by atomic mass is 9.94. The van der Waals surface area contributed by atoms with E-state index in [0.717, 1.165) is 5.56 Å². The van der Waals surface area contributed by atoms with Crippen molar-refractivity contribution in [3.63, 3.8) is 0 Å². The largest absolute Gasteiger partial charge is 0.507 e. The molecule has 0 saturated carbocycles. The predicted molar refractivity (Wildman–Crippen MR) is 140 cm³/mol. The number of aliphatic hydroxyl groups excluding tert-OH is 1. The normalized spacial score (nSPS) is 16.7. The Bertz CT molecular complexity index is 1530. The summed E-state index contributed by atoms with van der Waals surface area (Å²) in [6.45, 7) is 3.48. The second-order valence-corrected chi connectivity index (χ2v) is 8.96. The highest BCUT2D eigenvalue weighted by Crippen LogP contribution is 2.43. The van der Waals surface area contributed by atoms with Crippen molar-refractivity contribution in [3.05, 3.63) is 131 Å². The summed E-state index contributed by atoms with van der Waals surface area (Å²) in [5.74, 6) is -1.10. The monoisotopic (exact) mass is 493 g/mol. The minimum atomic E-state index is -0.869. The van der Waals surface area contributed by atoms with Gasteiger partial charge in [-0.1, -0.05) is 48.0 Å². The highest BCUT2D eigenvalue weighted by Gasteiger charge is 2.47. The molecule has 0 bridgehead atoms. The summed E-state index contributed by atoms with van der Waals surface area (Å²) in [7, 11) is 0. The molecular weight excluding hydrogens is 469 g/mol. The van der Waals surface area contributed by atoms with Crippen LogP contribution in [-0.4, -0.2) is 16.8 Å². The van der Waals surface area contributed by atoms with Crippen LogP contribution in [0.2, 0.25) is 0 Å². The van der Waals surface area contributed by atoms with E-state index in [-0.39, 0.29) is 16.9 Å². The van der Waals surface area contributed by atoms with Crippen LogP contribution in [-0.2, 0) is 9.59 Å². The topological polar surface area (TPSA) is 66.8 Å². The summed E-state index contributed by atoms with van der Waals surface area (Å²) in [5, 5.41) is 11.2. The molecule has 1 amide bonds. The van der Waals surface area contributed by atoms with Gasteiger partial charge in [-0.2, -0.15) is 0 Å². The first-order chi connectivity index (χ1) is 17.8. The molecule has 1 unspecified atom stereocenters. The number of hydrogen-bond donors (Lipinski definition) is 1. The average molecular weight is 494 g/mol. The first-order valence-electron chi connectivity index (χ1n) is 11.8. The molecule has 1 N–H and O–H groups in total. The highest BCUT2D eigenvalue weighted by atomic mass is 19.1. The fourth-order valence-corrected chi connectivity index (χ4v) is 4.50. The maximum absolute atomic E-state index is 13.9. The van der Waals surface area contributed by atoms with Crippen molar-refractivity contribution in [1.82, 2.24) is 0 Å². The minimum Gasteiger partial charge on any atom is -0.507 e. The molecular formula is C31H24FNO4. The lowest BCUT2D eigenvalue weighted by molar-refractivity contribution is -0.132. The van der Waals surface area contributed by atoms with Gasteiger partial charge in [-0.25, -0.2) is 4.39 Å². The molecule has 5 rings (SSSR count). The van der Waals surface area contributed by atoms with Crippen LogP contribution in [0.15, 0.2) is 103 Å². The Morgan fingerprint density at radius 3 is 2.22 bits per heavy atom. The first-order valence-corrected chi connectivity index (χ1v) is 11.8. The van der Waals surface area contributed by atoms with Gasteiger partial charge in [-0.05, 0) is 79.6 Å². The maximum Gasteiger partial charge on any atom is 0.300 e. The average Bonchev–Trinajstić information content (AvgIpc) is 3.16. The fourth-order valence-electron chi connectivity index (χ4n) is 4.50. The SMILES string of the molecule is Cc1cccc(C2/C(=C(/O)c3ccc(F)c(C)c3)C(=O)C(=O)N2c2ccc(Oc3ccccc3)cc2)c1. The molecule has 1 heterocycles. The Morgan fingerprint density at radius 2 is 1.54 bits per heavy atom. The van der Waals surface area contributed by atoms with E-state index in [9.17, 15) is 19.1 Å². The van der Waals surface area contributed by atoms with Crippen molar-refractivity contribution in [2.75, 3.05) is 4.90 Å². The third-order valence-electron chi connectivity index (χ3n) is 6.33. The van der Waals surface area contributed by atoms with Crippen LogP contribution in [0.5, 0.6) is 11.5 Å². The van der Waals surface area contributed by atoms with Gasteiger partial charge in [0.1, 0.15) is 23.1 Å². The Labute approximate surface area is 214 Å². The molecule has 5 nitrogen and oxygen atoms in total. The summed E-state index contributed by atoms with van der Waals surface area (Å²) in [6, 6.07) is 26.8. The molecule has 6 heteroatoms. The smallest absolute Gasteiger partial charge is 0.300 e. The van der Waals surface area contributed by atoms with Crippen molar-refractivity contribution in [2.45, 2.75) is 19.9 Å². The zero-order valence-corrected chi connectivity index (χ0v) is 20.3. The first kappa shape index (κ1) is 24.0. The summed E-state index contributed by atoms with van der Waals surface area (Å²) < 4.78 is 19.7. The van der Waals surface area contributed by atoms with Crippen LogP contribution in [0.1, 0.15) is 28.3 Å². The number of rotatable bonds is 5. The van der Waals surface area contributed by atoms with Crippen LogP contribution >= 0.6 is 0 Å². The number of Topliss-reactive ketones (excluding diaryl/α,β-unsaturated/α-hetero) is 1. The molecule has 0 radical (unpaired) electrons. The molecule has 4 aromatic rings. The zero-order chi connectivity index (χ0) is 26.1. The summed E-state index contributed by atoms with van der Waals surface area (Å²) in [6.07, 6.45) is 0. The third-order valence-corrected chi connectivity index (χ3v) is 6.33. The van der Waals surface area contributed by atoms with Gasteiger partial charge in [-0.15, -0.1) is 0 Å². The number of carbonyl (C=O) groups is 2. The van der Waals surface area contributed by atoms with E-state index in [0.29, 0.717) is 28.3 Å². The lowest BCUT2D eigenvalue weighted by Gasteiger charge is -2.26. The molecule has 0 spiro atoms. The van der Waals surface area contributed by atoms with Gasteiger partial charge < -0.3 is 9.84 Å². The molecule has 1 saturated heterocycles. The number of hydrogen-bond acceptors (Lipinski definition) is 4. The molecule has 1 atom stereocenters. The van der Waals surface area contributed by atoms with Crippen molar-refractivity contribution >= 4 is 23.1 Å². The quantitative estimate of drug-likeness (QED) is 0.187. The Hall–Kier alpha value is -4.71. The summed E-state index contributed by atoms with van der Waals surface area (Å²) >= 11 is 0. The fraction of sp³-hybridized carbons (Fsp3) is 0.0968. The summed E-state index contributed by atoms with van der Waals surface area (Å²) in [5.41, 5.74) is 2.62. The molecule has 1 fully saturated rings. The van der Waals surface area contributed by atoms with E-state index in [1.54, 1.807) is 31.2 Å².